The number of hydrogen-bond acceptors (Lipinski definition) is 8. The van der Waals surface area contributed by atoms with Crippen molar-refractivity contribution in [1.29, 1.82) is 0 Å². The highest BCUT2D eigenvalue weighted by molar-refractivity contribution is 5.83. The highest BCUT2D eigenvalue weighted by atomic mass is 16.5. The van der Waals surface area contributed by atoms with Gasteiger partial charge in [0.25, 0.3) is 0 Å². The van der Waals surface area contributed by atoms with Crippen LogP contribution in [0.15, 0.2) is 54.7 Å². The minimum atomic E-state index is -0.0337. The maximum absolute atomic E-state index is 9.05. The summed E-state index contributed by atoms with van der Waals surface area (Å²) >= 11 is 0. The fraction of sp³-hybridized carbons (Fsp3) is 0.261. The number of H-pyrrole nitrogens is 1. The Kier molecular flexibility index (Phi) is 5.82. The van der Waals surface area contributed by atoms with E-state index in [4.69, 9.17) is 24.5 Å². The minimum Gasteiger partial charge on any atom is -0.491 e. The van der Waals surface area contributed by atoms with E-state index in [1.807, 2.05) is 48.5 Å². The molecule has 0 unspecified atom stereocenters. The summed E-state index contributed by atoms with van der Waals surface area (Å²) in [5.41, 5.74) is 3.58. The fourth-order valence-corrected chi connectivity index (χ4v) is 3.63. The lowest BCUT2D eigenvalue weighted by Gasteiger charge is -2.27. The van der Waals surface area contributed by atoms with Crippen LogP contribution in [-0.4, -0.2) is 64.8 Å². The second-order valence-electron chi connectivity index (χ2n) is 7.43. The van der Waals surface area contributed by atoms with Crippen LogP contribution in [0, 0.1) is 0 Å². The van der Waals surface area contributed by atoms with Gasteiger partial charge in [-0.3, -0.25) is 5.10 Å². The van der Waals surface area contributed by atoms with Crippen molar-refractivity contribution in [2.45, 2.75) is 0 Å². The minimum absolute atomic E-state index is 0.0337. The molecule has 9 heteroatoms. The van der Waals surface area contributed by atoms with Gasteiger partial charge in [-0.25, -0.2) is 4.98 Å². The predicted octanol–water partition coefficient (Wildman–Crippen LogP) is 2.97. The molecule has 164 valence electrons. The Labute approximate surface area is 185 Å². The van der Waals surface area contributed by atoms with Crippen molar-refractivity contribution >= 4 is 28.4 Å². The third-order valence-electron chi connectivity index (χ3n) is 5.21. The van der Waals surface area contributed by atoms with Crippen LogP contribution in [0.3, 0.4) is 0 Å². The Balaban J connectivity index is 1.50. The molecular weight excluding hydrogens is 408 g/mol. The van der Waals surface area contributed by atoms with Crippen molar-refractivity contribution in [3.05, 3.63) is 54.7 Å². The lowest BCUT2D eigenvalue weighted by molar-refractivity contribution is 0.122. The second-order valence-corrected chi connectivity index (χ2v) is 7.43. The summed E-state index contributed by atoms with van der Waals surface area (Å²) in [7, 11) is 0. The van der Waals surface area contributed by atoms with Gasteiger partial charge in [-0.2, -0.15) is 10.1 Å². The van der Waals surface area contributed by atoms with Crippen LogP contribution in [0.1, 0.15) is 0 Å². The van der Waals surface area contributed by atoms with E-state index in [0.29, 0.717) is 30.7 Å². The second kappa shape index (κ2) is 9.21. The molecule has 1 saturated heterocycles. The molecule has 0 atom stereocenters. The molecule has 32 heavy (non-hydrogen) atoms. The predicted molar refractivity (Wildman–Crippen MR) is 122 cm³/mol. The van der Waals surface area contributed by atoms with Gasteiger partial charge in [0, 0.05) is 35.8 Å². The van der Waals surface area contributed by atoms with Gasteiger partial charge in [0.15, 0.2) is 0 Å². The van der Waals surface area contributed by atoms with Crippen LogP contribution < -0.4 is 15.0 Å². The molecule has 0 aliphatic carbocycles. The number of aromatic amines is 1. The molecule has 0 radical (unpaired) electrons. The summed E-state index contributed by atoms with van der Waals surface area (Å²) in [6.07, 6.45) is 1.79. The number of nitrogens with one attached hydrogen (secondary N) is 2. The van der Waals surface area contributed by atoms with Gasteiger partial charge in [0.05, 0.1) is 37.2 Å². The molecule has 3 heterocycles. The first-order valence-corrected chi connectivity index (χ1v) is 10.5. The van der Waals surface area contributed by atoms with Crippen LogP contribution in [-0.2, 0) is 4.74 Å². The zero-order valence-electron chi connectivity index (χ0n) is 17.5. The third kappa shape index (κ3) is 4.48. The molecule has 0 saturated carbocycles. The summed E-state index contributed by atoms with van der Waals surface area (Å²) in [4.78, 5) is 11.7. The normalized spacial score (nSPS) is 14.0. The maximum atomic E-state index is 9.05. The number of rotatable bonds is 7. The number of aliphatic hydroxyl groups is 1. The number of nitrogens with zero attached hydrogens (tertiary/aromatic N) is 4. The quantitative estimate of drug-likeness (QED) is 0.409. The molecule has 0 bridgehead atoms. The van der Waals surface area contributed by atoms with E-state index >= 15 is 0 Å². The van der Waals surface area contributed by atoms with Crippen molar-refractivity contribution in [2.75, 3.05) is 49.7 Å². The van der Waals surface area contributed by atoms with Gasteiger partial charge in [-0.15, -0.1) is 0 Å². The van der Waals surface area contributed by atoms with Gasteiger partial charge >= 0.3 is 0 Å². The highest BCUT2D eigenvalue weighted by Gasteiger charge is 2.17. The van der Waals surface area contributed by atoms with E-state index in [-0.39, 0.29) is 13.2 Å². The van der Waals surface area contributed by atoms with Crippen molar-refractivity contribution in [3.8, 4) is 17.0 Å². The number of morpholine rings is 1. The molecule has 0 amide bonds. The lowest BCUT2D eigenvalue weighted by atomic mass is 10.1. The first-order chi connectivity index (χ1) is 15.8. The van der Waals surface area contributed by atoms with E-state index < -0.39 is 0 Å². The molecule has 3 N–H and O–H groups in total. The monoisotopic (exact) mass is 432 g/mol. The van der Waals surface area contributed by atoms with E-state index in [9.17, 15) is 0 Å². The zero-order valence-corrected chi connectivity index (χ0v) is 17.5. The molecule has 1 aliphatic rings. The molecule has 4 aromatic rings. The Hall–Kier alpha value is -3.69. The summed E-state index contributed by atoms with van der Waals surface area (Å²) in [6, 6.07) is 15.6. The Morgan fingerprint density at radius 1 is 1.09 bits per heavy atom. The first kappa shape index (κ1) is 20.2. The molecule has 2 aromatic carbocycles. The number of benzene rings is 2. The van der Waals surface area contributed by atoms with Crippen molar-refractivity contribution < 1.29 is 14.6 Å². The van der Waals surface area contributed by atoms with Crippen molar-refractivity contribution in [1.82, 2.24) is 20.2 Å². The van der Waals surface area contributed by atoms with Gasteiger partial charge in [-0.1, -0.05) is 12.1 Å². The number of aromatic nitrogens is 4. The molecule has 2 aromatic heterocycles. The number of ether oxygens (including phenoxy) is 2. The average Bonchev–Trinajstić information content (AvgIpc) is 3.31. The summed E-state index contributed by atoms with van der Waals surface area (Å²) < 4.78 is 11.1. The summed E-state index contributed by atoms with van der Waals surface area (Å²) in [5.74, 6) is 2.03. The van der Waals surface area contributed by atoms with Crippen LogP contribution in [0.2, 0.25) is 0 Å². The van der Waals surface area contributed by atoms with Crippen molar-refractivity contribution in [3.63, 3.8) is 0 Å². The Morgan fingerprint density at radius 3 is 2.88 bits per heavy atom. The standard InChI is InChI=1S/C23H24N6O3/c30-8-11-32-19-3-1-2-16(13-19)21-14-22(27-23(26-21)29-6-9-31-10-7-29)25-18-4-5-20-17(12-18)15-24-28-20/h1-5,12-15,30H,6-11H2,(H,24,28)(H,25,26,27). The number of anilines is 3. The van der Waals surface area contributed by atoms with Crippen LogP contribution in [0.25, 0.3) is 22.2 Å². The first-order valence-electron chi connectivity index (χ1n) is 10.5. The summed E-state index contributed by atoms with van der Waals surface area (Å²) in [5, 5.41) is 20.5. The smallest absolute Gasteiger partial charge is 0.228 e. The lowest BCUT2D eigenvalue weighted by Crippen LogP contribution is -2.37. The Morgan fingerprint density at radius 2 is 2.00 bits per heavy atom. The SMILES string of the molecule is OCCOc1cccc(-c2cc(Nc3ccc4[nH]ncc4c3)nc(N3CCOCC3)n2)c1. The van der Waals surface area contributed by atoms with E-state index in [0.717, 1.165) is 40.9 Å². The fourth-order valence-electron chi connectivity index (χ4n) is 3.63. The molecule has 1 aliphatic heterocycles. The van der Waals surface area contributed by atoms with Gasteiger partial charge in [0.1, 0.15) is 18.2 Å². The zero-order chi connectivity index (χ0) is 21.8. The van der Waals surface area contributed by atoms with E-state index in [1.165, 1.54) is 0 Å². The van der Waals surface area contributed by atoms with Crippen LogP contribution in [0.4, 0.5) is 17.5 Å². The number of aliphatic hydroxyl groups excluding tert-OH is 1. The Bertz CT molecular complexity index is 1210. The topological polar surface area (TPSA) is 108 Å². The largest absolute Gasteiger partial charge is 0.491 e. The molecule has 1 fully saturated rings. The van der Waals surface area contributed by atoms with Gasteiger partial charge in [0.2, 0.25) is 5.95 Å². The maximum Gasteiger partial charge on any atom is 0.228 e. The van der Waals surface area contributed by atoms with Gasteiger partial charge in [-0.05, 0) is 30.3 Å². The highest BCUT2D eigenvalue weighted by Crippen LogP contribution is 2.28. The molecule has 0 spiro atoms. The molecule has 9 nitrogen and oxygen atoms in total. The van der Waals surface area contributed by atoms with Crippen LogP contribution >= 0.6 is 0 Å². The van der Waals surface area contributed by atoms with Crippen LogP contribution in [0.5, 0.6) is 5.75 Å². The summed E-state index contributed by atoms with van der Waals surface area (Å²) in [6.45, 7) is 2.99. The molecular formula is C23H24N6O3. The van der Waals surface area contributed by atoms with Gasteiger partial charge < -0.3 is 24.8 Å². The average molecular weight is 432 g/mol. The molecule has 5 rings (SSSR count). The number of fused-ring (bicyclic) bond motifs is 1. The van der Waals surface area contributed by atoms with E-state index in [1.54, 1.807) is 6.20 Å². The van der Waals surface area contributed by atoms with Crippen molar-refractivity contribution in [2.24, 2.45) is 0 Å². The number of hydrogen-bond donors (Lipinski definition) is 3. The third-order valence-corrected chi connectivity index (χ3v) is 5.21. The van der Waals surface area contributed by atoms with E-state index in [2.05, 4.69) is 20.4 Å².